The predicted octanol–water partition coefficient (Wildman–Crippen LogP) is 3.73. The second-order valence-corrected chi connectivity index (χ2v) is 10.4. The smallest absolute Gasteiger partial charge is 0.146 e. The lowest BCUT2D eigenvalue weighted by Gasteiger charge is -2.31. The van der Waals surface area contributed by atoms with Gasteiger partial charge in [-0.2, -0.15) is 11.8 Å². The SMILES string of the molecule is CS[C@H]1CCC[C@@H]1N(C)c1nc(CN2CCOCC2)nc2sc3c(c12)CCC3. The van der Waals surface area contributed by atoms with Gasteiger partial charge in [0, 0.05) is 36.3 Å². The molecule has 152 valence electrons. The van der Waals surface area contributed by atoms with Gasteiger partial charge in [0.15, 0.2) is 0 Å². The number of aromatic nitrogens is 2. The first-order valence-electron chi connectivity index (χ1n) is 10.6. The molecule has 0 unspecified atom stereocenters. The molecule has 0 amide bonds. The van der Waals surface area contributed by atoms with Crippen molar-refractivity contribution in [1.82, 2.24) is 14.9 Å². The van der Waals surface area contributed by atoms with Gasteiger partial charge in [-0.1, -0.05) is 6.42 Å². The molecule has 2 aromatic rings. The molecule has 7 heteroatoms. The molecule has 2 atom stereocenters. The third-order valence-corrected chi connectivity index (χ3v) is 8.95. The van der Waals surface area contributed by atoms with E-state index in [1.54, 1.807) is 10.4 Å². The molecule has 0 aromatic carbocycles. The van der Waals surface area contributed by atoms with E-state index in [1.165, 1.54) is 54.6 Å². The lowest BCUT2D eigenvalue weighted by molar-refractivity contribution is 0.0331. The summed E-state index contributed by atoms with van der Waals surface area (Å²) in [6.07, 6.45) is 9.89. The van der Waals surface area contributed by atoms with Crippen LogP contribution in [0.3, 0.4) is 0 Å². The first-order valence-corrected chi connectivity index (χ1v) is 12.7. The lowest BCUT2D eigenvalue weighted by Crippen LogP contribution is -2.38. The van der Waals surface area contributed by atoms with E-state index in [9.17, 15) is 0 Å². The quantitative estimate of drug-likeness (QED) is 0.737. The molecule has 3 heterocycles. The highest BCUT2D eigenvalue weighted by molar-refractivity contribution is 7.99. The molecule has 1 saturated heterocycles. The van der Waals surface area contributed by atoms with Crippen LogP contribution in [0.2, 0.25) is 0 Å². The van der Waals surface area contributed by atoms with E-state index in [-0.39, 0.29) is 0 Å². The number of nitrogens with zero attached hydrogens (tertiary/aromatic N) is 4. The number of hydrogen-bond donors (Lipinski definition) is 0. The van der Waals surface area contributed by atoms with Crippen LogP contribution in [-0.2, 0) is 24.1 Å². The van der Waals surface area contributed by atoms with E-state index in [4.69, 9.17) is 14.7 Å². The number of fused-ring (bicyclic) bond motifs is 3. The zero-order valence-electron chi connectivity index (χ0n) is 16.9. The van der Waals surface area contributed by atoms with Crippen molar-refractivity contribution in [2.45, 2.75) is 56.4 Å². The zero-order chi connectivity index (χ0) is 19.1. The Kier molecular flexibility index (Phi) is 5.52. The van der Waals surface area contributed by atoms with Crippen molar-refractivity contribution >= 4 is 39.1 Å². The summed E-state index contributed by atoms with van der Waals surface area (Å²) in [4.78, 5) is 17.9. The number of aryl methyl sites for hydroxylation is 2. The number of morpholine rings is 1. The van der Waals surface area contributed by atoms with Crippen LogP contribution in [0, 0.1) is 0 Å². The Labute approximate surface area is 175 Å². The van der Waals surface area contributed by atoms with E-state index < -0.39 is 0 Å². The summed E-state index contributed by atoms with van der Waals surface area (Å²) in [6, 6.07) is 0.585. The maximum Gasteiger partial charge on any atom is 0.146 e. The van der Waals surface area contributed by atoms with Crippen molar-refractivity contribution in [3.8, 4) is 0 Å². The predicted molar refractivity (Wildman–Crippen MR) is 119 cm³/mol. The van der Waals surface area contributed by atoms with Crippen LogP contribution in [-0.4, -0.2) is 65.8 Å². The topological polar surface area (TPSA) is 41.5 Å². The maximum absolute atomic E-state index is 5.51. The van der Waals surface area contributed by atoms with Crippen molar-refractivity contribution in [1.29, 1.82) is 0 Å². The molecular formula is C21H30N4OS2. The monoisotopic (exact) mass is 418 g/mol. The summed E-state index contributed by atoms with van der Waals surface area (Å²) in [7, 11) is 2.28. The second-order valence-electron chi connectivity index (χ2n) is 8.27. The minimum atomic E-state index is 0.585. The van der Waals surface area contributed by atoms with Gasteiger partial charge >= 0.3 is 0 Å². The normalized spacial score (nSPS) is 25.5. The average Bonchev–Trinajstić information content (AvgIpc) is 3.43. The van der Waals surface area contributed by atoms with E-state index in [0.717, 1.165) is 38.7 Å². The minimum Gasteiger partial charge on any atom is -0.379 e. The zero-order valence-corrected chi connectivity index (χ0v) is 18.6. The Hall–Kier alpha value is -0.890. The van der Waals surface area contributed by atoms with Gasteiger partial charge in [-0.15, -0.1) is 11.3 Å². The van der Waals surface area contributed by atoms with E-state index in [0.29, 0.717) is 11.3 Å². The van der Waals surface area contributed by atoms with Crippen LogP contribution >= 0.6 is 23.1 Å². The van der Waals surface area contributed by atoms with Crippen LogP contribution in [0.4, 0.5) is 5.82 Å². The van der Waals surface area contributed by atoms with Crippen molar-refractivity contribution in [2.24, 2.45) is 0 Å². The number of rotatable bonds is 5. The highest BCUT2D eigenvalue weighted by atomic mass is 32.2. The Balaban J connectivity index is 1.54. The number of anilines is 1. The molecule has 0 spiro atoms. The van der Waals surface area contributed by atoms with Crippen molar-refractivity contribution in [3.63, 3.8) is 0 Å². The summed E-state index contributed by atoms with van der Waals surface area (Å²) in [5, 5.41) is 2.07. The first-order chi connectivity index (χ1) is 13.7. The molecule has 1 saturated carbocycles. The third kappa shape index (κ3) is 3.44. The van der Waals surface area contributed by atoms with Gasteiger partial charge in [0.2, 0.25) is 0 Å². The Morgan fingerprint density at radius 1 is 1.18 bits per heavy atom. The fourth-order valence-electron chi connectivity index (χ4n) is 5.09. The van der Waals surface area contributed by atoms with Crippen LogP contribution in [0.1, 0.15) is 41.9 Å². The molecule has 2 aromatic heterocycles. The third-order valence-electron chi connectivity index (χ3n) is 6.61. The van der Waals surface area contributed by atoms with Crippen LogP contribution in [0.25, 0.3) is 10.2 Å². The Morgan fingerprint density at radius 2 is 2.04 bits per heavy atom. The molecular weight excluding hydrogens is 388 g/mol. The van der Waals surface area contributed by atoms with E-state index >= 15 is 0 Å². The van der Waals surface area contributed by atoms with Crippen molar-refractivity contribution in [2.75, 3.05) is 44.5 Å². The maximum atomic E-state index is 5.51. The van der Waals surface area contributed by atoms with Gasteiger partial charge < -0.3 is 9.64 Å². The minimum absolute atomic E-state index is 0.585. The summed E-state index contributed by atoms with van der Waals surface area (Å²) in [5.74, 6) is 2.17. The van der Waals surface area contributed by atoms with Gasteiger partial charge in [0.1, 0.15) is 16.5 Å². The number of thioether (sulfide) groups is 1. The number of ether oxygens (including phenoxy) is 1. The highest BCUT2D eigenvalue weighted by Crippen LogP contribution is 2.42. The molecule has 2 fully saturated rings. The molecule has 0 radical (unpaired) electrons. The van der Waals surface area contributed by atoms with Gasteiger partial charge in [-0.05, 0) is 43.9 Å². The molecule has 0 bridgehead atoms. The van der Waals surface area contributed by atoms with Crippen LogP contribution < -0.4 is 4.90 Å². The van der Waals surface area contributed by atoms with E-state index in [1.807, 2.05) is 23.1 Å². The van der Waals surface area contributed by atoms with E-state index in [2.05, 4.69) is 23.1 Å². The fourth-order valence-corrected chi connectivity index (χ4v) is 7.40. The second kappa shape index (κ2) is 8.09. The molecule has 2 aliphatic carbocycles. The van der Waals surface area contributed by atoms with Crippen LogP contribution in [0.15, 0.2) is 0 Å². The van der Waals surface area contributed by atoms with Gasteiger partial charge in [0.05, 0.1) is 25.1 Å². The van der Waals surface area contributed by atoms with Gasteiger partial charge in [0.25, 0.3) is 0 Å². The van der Waals surface area contributed by atoms with Crippen LogP contribution in [0.5, 0.6) is 0 Å². The molecule has 3 aliphatic rings. The molecule has 5 nitrogen and oxygen atoms in total. The number of thiophene rings is 1. The standard InChI is InChI=1S/C21H30N4OS2/c1-24(15-6-4-8-17(15)27-2)20-19-14-5-3-7-16(14)28-21(19)23-18(22-20)13-25-9-11-26-12-10-25/h15,17H,3-13H2,1-2H3/t15-,17-/m0/s1. The summed E-state index contributed by atoms with van der Waals surface area (Å²) in [5.41, 5.74) is 1.54. The number of hydrogen-bond acceptors (Lipinski definition) is 7. The molecule has 28 heavy (non-hydrogen) atoms. The first kappa shape index (κ1) is 19.1. The Morgan fingerprint density at radius 3 is 2.86 bits per heavy atom. The van der Waals surface area contributed by atoms with Crippen molar-refractivity contribution in [3.05, 3.63) is 16.3 Å². The highest BCUT2D eigenvalue weighted by Gasteiger charge is 2.33. The molecule has 0 N–H and O–H groups in total. The largest absolute Gasteiger partial charge is 0.379 e. The van der Waals surface area contributed by atoms with Gasteiger partial charge in [-0.3, -0.25) is 4.90 Å². The Bertz CT molecular complexity index is 849. The lowest BCUT2D eigenvalue weighted by atomic mass is 10.1. The average molecular weight is 419 g/mol. The summed E-state index contributed by atoms with van der Waals surface area (Å²) in [6.45, 7) is 4.42. The summed E-state index contributed by atoms with van der Waals surface area (Å²) < 4.78 is 5.51. The molecule has 1 aliphatic heterocycles. The summed E-state index contributed by atoms with van der Waals surface area (Å²) >= 11 is 3.94. The molecule has 5 rings (SSSR count). The van der Waals surface area contributed by atoms with Crippen molar-refractivity contribution < 1.29 is 4.74 Å². The van der Waals surface area contributed by atoms with Gasteiger partial charge in [-0.25, -0.2) is 9.97 Å². The fraction of sp³-hybridized carbons (Fsp3) is 0.714.